The summed E-state index contributed by atoms with van der Waals surface area (Å²) in [4.78, 5) is 3.69. The van der Waals surface area contributed by atoms with Crippen molar-refractivity contribution in [2.45, 2.75) is 6.10 Å². The third-order valence-corrected chi connectivity index (χ3v) is 2.83. The van der Waals surface area contributed by atoms with Crippen molar-refractivity contribution in [1.29, 1.82) is 0 Å². The van der Waals surface area contributed by atoms with E-state index < -0.39 is 11.9 Å². The minimum atomic E-state index is -0.975. The van der Waals surface area contributed by atoms with Crippen LogP contribution in [0.25, 0.3) is 0 Å². The van der Waals surface area contributed by atoms with Crippen molar-refractivity contribution in [3.05, 3.63) is 58.6 Å². The topological polar surface area (TPSA) is 42.4 Å². The molecule has 0 saturated carbocycles. The van der Waals surface area contributed by atoms with E-state index in [-0.39, 0.29) is 0 Å². The second-order valence-corrected chi connectivity index (χ2v) is 4.14. The van der Waals surface area contributed by atoms with Crippen LogP contribution in [0.15, 0.2) is 36.7 Å². The molecule has 1 N–H and O–H groups in total. The number of hydrogen-bond donors (Lipinski definition) is 1. The van der Waals surface area contributed by atoms with Gasteiger partial charge in [-0.2, -0.15) is 0 Å². The van der Waals surface area contributed by atoms with E-state index in [1.165, 1.54) is 19.4 Å². The molecule has 1 aromatic carbocycles. The molecule has 0 amide bonds. The molecule has 1 atom stereocenters. The SMILES string of the molecule is COc1ccc(C(O)c2cncc(F)c2)cc1Cl. The Bertz CT molecular complexity index is 562. The highest BCUT2D eigenvalue weighted by Crippen LogP contribution is 2.30. The van der Waals surface area contributed by atoms with Crippen LogP contribution in [0.1, 0.15) is 17.2 Å². The van der Waals surface area contributed by atoms with E-state index in [1.54, 1.807) is 18.2 Å². The number of nitrogens with zero attached hydrogens (tertiary/aromatic N) is 1. The Morgan fingerprint density at radius 2 is 2.06 bits per heavy atom. The van der Waals surface area contributed by atoms with Crippen LogP contribution in [0.2, 0.25) is 5.02 Å². The monoisotopic (exact) mass is 267 g/mol. The molecule has 1 aromatic heterocycles. The Hall–Kier alpha value is -1.65. The van der Waals surface area contributed by atoms with Crippen LogP contribution in [0.4, 0.5) is 4.39 Å². The van der Waals surface area contributed by atoms with Crippen molar-refractivity contribution in [3.8, 4) is 5.75 Å². The third-order valence-electron chi connectivity index (χ3n) is 2.53. The largest absolute Gasteiger partial charge is 0.495 e. The van der Waals surface area contributed by atoms with Gasteiger partial charge in [-0.1, -0.05) is 17.7 Å². The maximum atomic E-state index is 13.0. The molecule has 2 aromatic rings. The molecule has 0 aliphatic rings. The van der Waals surface area contributed by atoms with E-state index in [0.29, 0.717) is 21.9 Å². The number of hydrogen-bond acceptors (Lipinski definition) is 3. The Morgan fingerprint density at radius 1 is 1.28 bits per heavy atom. The summed E-state index contributed by atoms with van der Waals surface area (Å²) in [6.45, 7) is 0. The predicted molar refractivity (Wildman–Crippen MR) is 66.3 cm³/mol. The molecular weight excluding hydrogens is 257 g/mol. The zero-order chi connectivity index (χ0) is 13.1. The number of halogens is 2. The van der Waals surface area contributed by atoms with Gasteiger partial charge in [0.05, 0.1) is 18.3 Å². The molecule has 5 heteroatoms. The number of methoxy groups -OCH3 is 1. The van der Waals surface area contributed by atoms with Crippen molar-refractivity contribution in [1.82, 2.24) is 4.98 Å². The van der Waals surface area contributed by atoms with E-state index in [4.69, 9.17) is 16.3 Å². The average molecular weight is 268 g/mol. The van der Waals surface area contributed by atoms with Crippen LogP contribution in [-0.2, 0) is 0 Å². The molecular formula is C13H11ClFNO2. The quantitative estimate of drug-likeness (QED) is 0.930. The van der Waals surface area contributed by atoms with Crippen LogP contribution in [0.5, 0.6) is 5.75 Å². The highest BCUT2D eigenvalue weighted by Gasteiger charge is 2.13. The summed E-state index contributed by atoms with van der Waals surface area (Å²) >= 11 is 5.97. The van der Waals surface area contributed by atoms with Gasteiger partial charge in [0.1, 0.15) is 17.7 Å². The Balaban J connectivity index is 2.34. The van der Waals surface area contributed by atoms with Crippen LogP contribution in [-0.4, -0.2) is 17.2 Å². The Kier molecular flexibility index (Phi) is 3.79. The third kappa shape index (κ3) is 2.60. The lowest BCUT2D eigenvalue weighted by Crippen LogP contribution is -2.01. The molecule has 0 saturated heterocycles. The highest BCUT2D eigenvalue weighted by atomic mass is 35.5. The normalized spacial score (nSPS) is 12.2. The van der Waals surface area contributed by atoms with E-state index >= 15 is 0 Å². The predicted octanol–water partition coefficient (Wildman–Crippen LogP) is 2.96. The molecule has 0 aliphatic carbocycles. The first-order valence-electron chi connectivity index (χ1n) is 5.24. The lowest BCUT2D eigenvalue weighted by Gasteiger charge is -2.12. The highest BCUT2D eigenvalue weighted by molar-refractivity contribution is 6.32. The fourth-order valence-corrected chi connectivity index (χ4v) is 1.89. The molecule has 1 unspecified atom stereocenters. The first-order valence-corrected chi connectivity index (χ1v) is 5.61. The standard InChI is InChI=1S/C13H11ClFNO2/c1-18-12-3-2-8(5-11(12)14)13(17)9-4-10(15)7-16-6-9/h2-7,13,17H,1H3. The number of rotatable bonds is 3. The summed E-state index contributed by atoms with van der Waals surface area (Å²) < 4.78 is 18.0. The van der Waals surface area contributed by atoms with Gasteiger partial charge in [0.25, 0.3) is 0 Å². The number of pyridine rings is 1. The van der Waals surface area contributed by atoms with Gasteiger partial charge in [0.15, 0.2) is 0 Å². The molecule has 0 fully saturated rings. The summed E-state index contributed by atoms with van der Waals surface area (Å²) in [5.74, 6) is 0.0242. The summed E-state index contributed by atoms with van der Waals surface area (Å²) in [6.07, 6.45) is 1.51. The van der Waals surface area contributed by atoms with Crippen molar-refractivity contribution in [2.75, 3.05) is 7.11 Å². The maximum absolute atomic E-state index is 13.0. The van der Waals surface area contributed by atoms with Gasteiger partial charge < -0.3 is 9.84 Å². The minimum absolute atomic E-state index is 0.372. The number of aliphatic hydroxyl groups is 1. The Morgan fingerprint density at radius 3 is 2.67 bits per heavy atom. The van der Waals surface area contributed by atoms with Crippen molar-refractivity contribution in [3.63, 3.8) is 0 Å². The van der Waals surface area contributed by atoms with Crippen LogP contribution in [0, 0.1) is 5.82 Å². The van der Waals surface area contributed by atoms with Crippen LogP contribution < -0.4 is 4.74 Å². The summed E-state index contributed by atoms with van der Waals surface area (Å²) in [7, 11) is 1.51. The molecule has 1 heterocycles. The fourth-order valence-electron chi connectivity index (χ4n) is 1.62. The summed E-state index contributed by atoms with van der Waals surface area (Å²) in [5.41, 5.74) is 0.921. The van der Waals surface area contributed by atoms with E-state index in [2.05, 4.69) is 4.98 Å². The molecule has 0 spiro atoms. The average Bonchev–Trinajstić information content (AvgIpc) is 2.37. The molecule has 0 bridgehead atoms. The van der Waals surface area contributed by atoms with Gasteiger partial charge in [-0.05, 0) is 23.8 Å². The van der Waals surface area contributed by atoms with Crippen molar-refractivity contribution in [2.24, 2.45) is 0 Å². The van der Waals surface area contributed by atoms with Gasteiger partial charge in [0.2, 0.25) is 0 Å². The fraction of sp³-hybridized carbons (Fsp3) is 0.154. The second-order valence-electron chi connectivity index (χ2n) is 3.73. The molecule has 0 radical (unpaired) electrons. The lowest BCUT2D eigenvalue weighted by molar-refractivity contribution is 0.219. The molecule has 2 rings (SSSR count). The molecule has 0 aliphatic heterocycles. The van der Waals surface area contributed by atoms with E-state index in [1.807, 2.05) is 0 Å². The summed E-state index contributed by atoms with van der Waals surface area (Å²) in [5, 5.41) is 10.5. The number of benzene rings is 1. The zero-order valence-corrected chi connectivity index (χ0v) is 10.4. The first-order chi connectivity index (χ1) is 8.61. The van der Waals surface area contributed by atoms with E-state index in [9.17, 15) is 9.50 Å². The van der Waals surface area contributed by atoms with Gasteiger partial charge in [-0.25, -0.2) is 4.39 Å². The Labute approximate surface area is 109 Å². The lowest BCUT2D eigenvalue weighted by atomic mass is 10.0. The van der Waals surface area contributed by atoms with Crippen LogP contribution >= 0.6 is 11.6 Å². The first kappa shape index (κ1) is 12.8. The number of aromatic nitrogens is 1. The molecule has 94 valence electrons. The maximum Gasteiger partial charge on any atom is 0.141 e. The number of ether oxygens (including phenoxy) is 1. The molecule has 18 heavy (non-hydrogen) atoms. The van der Waals surface area contributed by atoms with Gasteiger partial charge >= 0.3 is 0 Å². The second kappa shape index (κ2) is 5.33. The summed E-state index contributed by atoms with van der Waals surface area (Å²) in [6, 6.07) is 6.12. The van der Waals surface area contributed by atoms with Crippen molar-refractivity contribution >= 4 is 11.6 Å². The minimum Gasteiger partial charge on any atom is -0.495 e. The van der Waals surface area contributed by atoms with Crippen LogP contribution in [0.3, 0.4) is 0 Å². The molecule has 3 nitrogen and oxygen atoms in total. The van der Waals surface area contributed by atoms with Crippen molar-refractivity contribution < 1.29 is 14.2 Å². The smallest absolute Gasteiger partial charge is 0.141 e. The van der Waals surface area contributed by atoms with Gasteiger partial charge in [-0.15, -0.1) is 0 Å². The zero-order valence-electron chi connectivity index (χ0n) is 9.60. The number of aliphatic hydroxyl groups excluding tert-OH is 1. The van der Waals surface area contributed by atoms with E-state index in [0.717, 1.165) is 6.20 Å². The van der Waals surface area contributed by atoms with Gasteiger partial charge in [0, 0.05) is 11.8 Å². The van der Waals surface area contributed by atoms with Gasteiger partial charge in [-0.3, -0.25) is 4.98 Å².